The van der Waals surface area contributed by atoms with E-state index in [0.29, 0.717) is 12.3 Å². The Morgan fingerprint density at radius 1 is 1.45 bits per heavy atom. The molecule has 0 fully saturated rings. The van der Waals surface area contributed by atoms with Crippen molar-refractivity contribution < 1.29 is 9.53 Å². The quantitative estimate of drug-likeness (QED) is 0.643. The van der Waals surface area contributed by atoms with Crippen molar-refractivity contribution >= 4 is 17.5 Å². The summed E-state index contributed by atoms with van der Waals surface area (Å²) in [6, 6.07) is 6.28. The Bertz CT molecular complexity index is 462. The van der Waals surface area contributed by atoms with E-state index in [9.17, 15) is 4.79 Å². The van der Waals surface area contributed by atoms with Crippen LogP contribution in [-0.2, 0) is 11.2 Å². The van der Waals surface area contributed by atoms with Gasteiger partial charge >= 0.3 is 0 Å². The number of benzene rings is 1. The van der Waals surface area contributed by atoms with Gasteiger partial charge in [-0.05, 0) is 55.4 Å². The molecule has 0 saturated heterocycles. The predicted molar refractivity (Wildman–Crippen MR) is 81.4 cm³/mol. The fraction of sp³-hybridized carbons (Fsp3) is 0.562. The van der Waals surface area contributed by atoms with Crippen molar-refractivity contribution in [3.63, 3.8) is 0 Å². The predicted octanol–water partition coefficient (Wildman–Crippen LogP) is 3.60. The first-order chi connectivity index (χ1) is 9.74. The number of methoxy groups -OCH3 is 1. The number of rotatable bonds is 6. The Labute approximate surface area is 125 Å². The number of unbranched alkanes of at least 4 members (excludes halogenated alkanes) is 1. The van der Waals surface area contributed by atoms with Gasteiger partial charge < -0.3 is 10.1 Å². The molecule has 3 nitrogen and oxygen atoms in total. The Morgan fingerprint density at radius 3 is 3.05 bits per heavy atom. The molecule has 0 aromatic heterocycles. The van der Waals surface area contributed by atoms with E-state index < -0.39 is 0 Å². The summed E-state index contributed by atoms with van der Waals surface area (Å²) >= 11 is 5.63. The molecule has 1 N–H and O–H groups in total. The Kier molecular flexibility index (Phi) is 5.72. The molecule has 0 radical (unpaired) electrons. The highest BCUT2D eigenvalue weighted by atomic mass is 35.5. The number of fused-ring (bicyclic) bond motifs is 1. The topological polar surface area (TPSA) is 38.3 Å². The van der Waals surface area contributed by atoms with Gasteiger partial charge in [0.1, 0.15) is 5.75 Å². The third-order valence-electron chi connectivity index (χ3n) is 3.79. The molecule has 0 aliphatic heterocycles. The van der Waals surface area contributed by atoms with Crippen LogP contribution in [-0.4, -0.2) is 18.9 Å². The maximum Gasteiger partial charge on any atom is 0.220 e. The van der Waals surface area contributed by atoms with Gasteiger partial charge in [0.15, 0.2) is 0 Å². The summed E-state index contributed by atoms with van der Waals surface area (Å²) < 4.78 is 5.26. The number of ether oxygens (including phenoxy) is 1. The normalized spacial score (nSPS) is 17.4. The van der Waals surface area contributed by atoms with Crippen LogP contribution in [0, 0.1) is 0 Å². The lowest BCUT2D eigenvalue weighted by Crippen LogP contribution is -2.30. The number of aryl methyl sites for hydroxylation is 1. The van der Waals surface area contributed by atoms with Crippen molar-refractivity contribution in [2.24, 2.45) is 0 Å². The van der Waals surface area contributed by atoms with Gasteiger partial charge in [0.2, 0.25) is 5.91 Å². The average molecular weight is 296 g/mol. The highest BCUT2D eigenvalue weighted by Gasteiger charge is 2.21. The molecule has 1 unspecified atom stereocenters. The smallest absolute Gasteiger partial charge is 0.220 e. The third kappa shape index (κ3) is 3.89. The fourth-order valence-corrected chi connectivity index (χ4v) is 2.90. The molecule has 20 heavy (non-hydrogen) atoms. The zero-order chi connectivity index (χ0) is 14.4. The van der Waals surface area contributed by atoms with E-state index in [0.717, 1.165) is 37.9 Å². The van der Waals surface area contributed by atoms with Gasteiger partial charge in [-0.3, -0.25) is 4.79 Å². The van der Waals surface area contributed by atoms with Crippen molar-refractivity contribution in [3.8, 4) is 5.75 Å². The van der Waals surface area contributed by atoms with Crippen LogP contribution >= 0.6 is 11.6 Å². The first kappa shape index (κ1) is 15.2. The molecule has 2 rings (SSSR count). The molecule has 1 aromatic carbocycles. The second-order valence-electron chi connectivity index (χ2n) is 5.22. The third-order valence-corrected chi connectivity index (χ3v) is 4.05. The number of alkyl halides is 1. The fourth-order valence-electron chi connectivity index (χ4n) is 2.71. The molecule has 1 aliphatic rings. The van der Waals surface area contributed by atoms with Crippen LogP contribution in [0.3, 0.4) is 0 Å². The zero-order valence-corrected chi connectivity index (χ0v) is 12.7. The summed E-state index contributed by atoms with van der Waals surface area (Å²) in [5.74, 6) is 1.64. The molecule has 1 amide bonds. The first-order valence-corrected chi connectivity index (χ1v) is 7.80. The van der Waals surface area contributed by atoms with Crippen molar-refractivity contribution in [2.45, 2.75) is 44.6 Å². The van der Waals surface area contributed by atoms with Crippen LogP contribution in [0.15, 0.2) is 18.2 Å². The number of carbonyl (C=O) groups is 1. The molecular weight excluding hydrogens is 274 g/mol. The number of carbonyl (C=O) groups excluding carboxylic acids is 1. The largest absolute Gasteiger partial charge is 0.497 e. The second kappa shape index (κ2) is 7.53. The summed E-state index contributed by atoms with van der Waals surface area (Å²) in [6.45, 7) is 0. The van der Waals surface area contributed by atoms with Crippen LogP contribution in [0.2, 0.25) is 0 Å². The molecule has 1 aliphatic carbocycles. The van der Waals surface area contributed by atoms with Crippen LogP contribution in [0.1, 0.15) is 49.3 Å². The van der Waals surface area contributed by atoms with Crippen molar-refractivity contribution in [1.29, 1.82) is 0 Å². The number of halogens is 1. The number of hydrogen-bond acceptors (Lipinski definition) is 2. The van der Waals surface area contributed by atoms with E-state index in [1.807, 2.05) is 6.07 Å². The highest BCUT2D eigenvalue weighted by Crippen LogP contribution is 2.32. The van der Waals surface area contributed by atoms with Crippen molar-refractivity contribution in [3.05, 3.63) is 29.3 Å². The van der Waals surface area contributed by atoms with E-state index in [4.69, 9.17) is 16.3 Å². The maximum absolute atomic E-state index is 11.9. The maximum atomic E-state index is 11.9. The zero-order valence-electron chi connectivity index (χ0n) is 12.0. The first-order valence-electron chi connectivity index (χ1n) is 7.26. The minimum absolute atomic E-state index is 0.129. The summed E-state index contributed by atoms with van der Waals surface area (Å²) in [6.07, 6.45) is 5.50. The lowest BCUT2D eigenvalue weighted by atomic mass is 9.87. The van der Waals surface area contributed by atoms with E-state index in [2.05, 4.69) is 17.4 Å². The molecule has 110 valence electrons. The Hall–Kier alpha value is -1.22. The summed E-state index contributed by atoms with van der Waals surface area (Å²) in [7, 11) is 1.68. The molecular formula is C16H22ClNO2. The van der Waals surface area contributed by atoms with E-state index in [1.54, 1.807) is 7.11 Å². The molecule has 1 aromatic rings. The van der Waals surface area contributed by atoms with E-state index in [-0.39, 0.29) is 11.9 Å². The van der Waals surface area contributed by atoms with E-state index >= 15 is 0 Å². The number of hydrogen-bond donors (Lipinski definition) is 1. The van der Waals surface area contributed by atoms with Crippen LogP contribution in [0.25, 0.3) is 0 Å². The summed E-state index contributed by atoms with van der Waals surface area (Å²) in [5.41, 5.74) is 2.53. The Balaban J connectivity index is 1.99. The molecule has 1 atom stereocenters. The molecule has 0 saturated carbocycles. The van der Waals surface area contributed by atoms with E-state index in [1.165, 1.54) is 11.1 Å². The van der Waals surface area contributed by atoms with Crippen molar-refractivity contribution in [2.75, 3.05) is 13.0 Å². The molecule has 4 heteroatoms. The van der Waals surface area contributed by atoms with Gasteiger partial charge in [0.05, 0.1) is 13.2 Å². The van der Waals surface area contributed by atoms with Gasteiger partial charge in [0, 0.05) is 12.3 Å². The van der Waals surface area contributed by atoms with Crippen LogP contribution < -0.4 is 10.1 Å². The lowest BCUT2D eigenvalue weighted by molar-refractivity contribution is -0.122. The minimum Gasteiger partial charge on any atom is -0.497 e. The van der Waals surface area contributed by atoms with Gasteiger partial charge in [-0.1, -0.05) is 6.07 Å². The van der Waals surface area contributed by atoms with Gasteiger partial charge in [-0.25, -0.2) is 0 Å². The van der Waals surface area contributed by atoms with Crippen LogP contribution in [0.4, 0.5) is 0 Å². The molecule has 0 bridgehead atoms. The highest BCUT2D eigenvalue weighted by molar-refractivity contribution is 6.17. The monoisotopic (exact) mass is 295 g/mol. The number of amides is 1. The molecule has 0 spiro atoms. The standard InChI is InChI=1S/C16H22ClNO2/c1-20-13-8-9-14-12(11-13)5-4-6-15(14)18-16(19)7-2-3-10-17/h8-9,11,15H,2-7,10H2,1H3,(H,18,19). The van der Waals surface area contributed by atoms with Gasteiger partial charge in [0.25, 0.3) is 0 Å². The van der Waals surface area contributed by atoms with Crippen molar-refractivity contribution in [1.82, 2.24) is 5.32 Å². The van der Waals surface area contributed by atoms with Gasteiger partial charge in [-0.15, -0.1) is 11.6 Å². The van der Waals surface area contributed by atoms with Gasteiger partial charge in [-0.2, -0.15) is 0 Å². The number of nitrogens with one attached hydrogen (secondary N) is 1. The van der Waals surface area contributed by atoms with Crippen LogP contribution in [0.5, 0.6) is 5.75 Å². The minimum atomic E-state index is 0.129. The SMILES string of the molecule is COc1ccc2c(c1)CCCC2NC(=O)CCCCCl. The molecule has 0 heterocycles. The lowest BCUT2D eigenvalue weighted by Gasteiger charge is -2.26. The average Bonchev–Trinajstić information content (AvgIpc) is 2.47. The summed E-state index contributed by atoms with van der Waals surface area (Å²) in [4.78, 5) is 11.9. The second-order valence-corrected chi connectivity index (χ2v) is 5.60. The summed E-state index contributed by atoms with van der Waals surface area (Å²) in [5, 5.41) is 3.15. The Morgan fingerprint density at radius 2 is 2.30 bits per heavy atom.